The van der Waals surface area contributed by atoms with E-state index in [2.05, 4.69) is 11.4 Å². The number of hydrogen-bond acceptors (Lipinski definition) is 2. The summed E-state index contributed by atoms with van der Waals surface area (Å²) in [5, 5.41) is 0. The van der Waals surface area contributed by atoms with Crippen LogP contribution in [0, 0.1) is 0 Å². The fraction of sp³-hybridized carbons (Fsp3) is 0.800. The zero-order valence-corrected chi connectivity index (χ0v) is 7.04. The molecule has 0 bridgehead atoms. The topological polar surface area (TPSA) is 29.1 Å². The third-order valence-electron chi connectivity index (χ3n) is 1.31. The van der Waals surface area contributed by atoms with E-state index in [-0.39, 0.29) is 7.12 Å². The summed E-state index contributed by atoms with van der Waals surface area (Å²) >= 11 is 1.59. The second-order valence-corrected chi connectivity index (χ2v) is 6.62. The zero-order chi connectivity index (χ0) is 6.69. The Balaban J connectivity index is 2.02. The van der Waals surface area contributed by atoms with Crippen molar-refractivity contribution < 1.29 is 4.79 Å². The minimum atomic E-state index is 0.0400. The van der Waals surface area contributed by atoms with Gasteiger partial charge >= 0.3 is 0 Å². The Morgan fingerprint density at radius 1 is 1.78 bits per heavy atom. The first-order valence-electron chi connectivity index (χ1n) is 2.93. The summed E-state index contributed by atoms with van der Waals surface area (Å²) in [4.78, 5) is 9.83. The molecule has 4 heteroatoms. The van der Waals surface area contributed by atoms with Gasteiger partial charge in [-0.2, -0.15) is 0 Å². The molecule has 0 aliphatic heterocycles. The summed E-state index contributed by atoms with van der Waals surface area (Å²) in [5.41, 5.74) is 0.928. The largest absolute Gasteiger partial charge is 0.299 e. The van der Waals surface area contributed by atoms with E-state index < -0.39 is 0 Å². The lowest BCUT2D eigenvalue weighted by Gasteiger charge is -2.05. The van der Waals surface area contributed by atoms with E-state index in [0.717, 1.165) is 12.1 Å². The van der Waals surface area contributed by atoms with Gasteiger partial charge in [-0.25, -0.2) is 0 Å². The first kappa shape index (κ1) is 7.36. The van der Waals surface area contributed by atoms with E-state index in [9.17, 15) is 4.79 Å². The number of carbonyl (C=O) groups is 1. The number of carbonyl (C=O) groups excluding carboxylic acids is 1. The van der Waals surface area contributed by atoms with E-state index in [0.29, 0.717) is 0 Å². The maximum Gasteiger partial charge on any atom is 0.217 e. The van der Waals surface area contributed by atoms with Crippen LogP contribution in [0.3, 0.4) is 0 Å². The summed E-state index contributed by atoms with van der Waals surface area (Å²) in [5.74, 6) is 0. The van der Waals surface area contributed by atoms with Crippen LogP contribution in [-0.2, 0) is 4.79 Å². The Hall–Kier alpha value is 0.250. The maximum absolute atomic E-state index is 9.83. The highest BCUT2D eigenvalue weighted by Crippen LogP contribution is 2.58. The minimum Gasteiger partial charge on any atom is -0.299 e. The van der Waals surface area contributed by atoms with Gasteiger partial charge in [0.2, 0.25) is 6.41 Å². The van der Waals surface area contributed by atoms with Crippen LogP contribution in [0.5, 0.6) is 0 Å². The fourth-order valence-corrected chi connectivity index (χ4v) is 3.56. The zero-order valence-electron chi connectivity index (χ0n) is 5.33. The molecule has 2 nitrogen and oxygen atoms in total. The maximum atomic E-state index is 9.83. The van der Waals surface area contributed by atoms with E-state index in [4.69, 9.17) is 0 Å². The van der Waals surface area contributed by atoms with Crippen LogP contribution >= 0.6 is 18.7 Å². The van der Waals surface area contributed by atoms with E-state index in [1.807, 2.05) is 0 Å². The van der Waals surface area contributed by atoms with Crippen molar-refractivity contribution in [2.75, 3.05) is 6.66 Å². The van der Waals surface area contributed by atoms with Gasteiger partial charge in [0, 0.05) is 0 Å². The molecule has 1 saturated carbocycles. The van der Waals surface area contributed by atoms with Crippen molar-refractivity contribution in [1.29, 1.82) is 0 Å². The molecule has 0 heterocycles. The molecule has 0 aromatic rings. The van der Waals surface area contributed by atoms with E-state index >= 15 is 0 Å². The molecule has 0 spiro atoms. The molecule has 0 radical (unpaired) electrons. The molecular formula is C5H10NOPS. The summed E-state index contributed by atoms with van der Waals surface area (Å²) < 4.78 is 2.63. The molecule has 1 rings (SSSR count). The van der Waals surface area contributed by atoms with Crippen molar-refractivity contribution >= 4 is 25.1 Å². The van der Waals surface area contributed by atoms with Crippen LogP contribution in [-0.4, -0.2) is 18.7 Å². The summed E-state index contributed by atoms with van der Waals surface area (Å²) in [6.07, 6.45) is 3.50. The summed E-state index contributed by atoms with van der Waals surface area (Å²) in [6.45, 7) is 2.22. The molecule has 1 atom stereocenters. The number of nitrogens with one attached hydrogen (secondary N) is 1. The Morgan fingerprint density at radius 3 is 2.89 bits per heavy atom. The normalized spacial score (nSPS) is 21.0. The molecule has 0 aromatic carbocycles. The third-order valence-corrected chi connectivity index (χ3v) is 5.41. The Bertz CT molecular complexity index is 107. The SMILES string of the molecule is CP(SNC=O)C1CC1. The van der Waals surface area contributed by atoms with Crippen LogP contribution in [0.1, 0.15) is 12.8 Å². The first-order chi connectivity index (χ1) is 4.34. The van der Waals surface area contributed by atoms with Crippen LogP contribution < -0.4 is 4.72 Å². The molecule has 1 N–H and O–H groups in total. The second kappa shape index (κ2) is 3.43. The van der Waals surface area contributed by atoms with Gasteiger partial charge in [0.1, 0.15) is 0 Å². The Kier molecular flexibility index (Phi) is 2.80. The van der Waals surface area contributed by atoms with Gasteiger partial charge in [0.05, 0.1) is 0 Å². The van der Waals surface area contributed by atoms with Gasteiger partial charge in [-0.3, -0.25) is 9.52 Å². The molecule has 52 valence electrons. The summed E-state index contributed by atoms with van der Waals surface area (Å²) in [6, 6.07) is 0. The first-order valence-corrected chi connectivity index (χ1v) is 6.21. The highest BCUT2D eigenvalue weighted by molar-refractivity contribution is 8.55. The molecule has 0 saturated heterocycles. The molecule has 9 heavy (non-hydrogen) atoms. The van der Waals surface area contributed by atoms with Gasteiger partial charge in [-0.15, -0.1) is 0 Å². The highest BCUT2D eigenvalue weighted by atomic mass is 32.7. The molecule has 1 aliphatic carbocycles. The molecule has 0 aromatic heterocycles. The lowest BCUT2D eigenvalue weighted by atomic mass is 11.0. The average molecular weight is 163 g/mol. The van der Waals surface area contributed by atoms with Crippen molar-refractivity contribution in [1.82, 2.24) is 4.72 Å². The Morgan fingerprint density at radius 2 is 2.44 bits per heavy atom. The van der Waals surface area contributed by atoms with Crippen molar-refractivity contribution in [2.24, 2.45) is 0 Å². The fourth-order valence-electron chi connectivity index (χ4n) is 0.617. The number of amides is 1. The van der Waals surface area contributed by atoms with Gasteiger partial charge in [-0.05, 0) is 43.9 Å². The summed E-state index contributed by atoms with van der Waals surface area (Å²) in [7, 11) is 0.0400. The van der Waals surface area contributed by atoms with Crippen LogP contribution in [0.25, 0.3) is 0 Å². The van der Waals surface area contributed by atoms with E-state index in [1.165, 1.54) is 12.8 Å². The molecule has 1 amide bonds. The predicted molar refractivity (Wildman–Crippen MR) is 42.7 cm³/mol. The van der Waals surface area contributed by atoms with Gasteiger partial charge in [-0.1, -0.05) is 0 Å². The highest BCUT2D eigenvalue weighted by Gasteiger charge is 2.28. The quantitative estimate of drug-likeness (QED) is 0.387. The average Bonchev–Trinajstić information content (AvgIpc) is 2.63. The Labute approximate surface area is 60.4 Å². The minimum absolute atomic E-state index is 0.0400. The van der Waals surface area contributed by atoms with Crippen LogP contribution in [0.4, 0.5) is 0 Å². The number of hydrogen-bond donors (Lipinski definition) is 1. The van der Waals surface area contributed by atoms with Crippen molar-refractivity contribution in [2.45, 2.75) is 18.5 Å². The van der Waals surface area contributed by atoms with Crippen LogP contribution in [0.2, 0.25) is 0 Å². The van der Waals surface area contributed by atoms with Gasteiger partial charge in [0.25, 0.3) is 0 Å². The lowest BCUT2D eigenvalue weighted by Crippen LogP contribution is -1.96. The number of rotatable bonds is 4. The standard InChI is InChI=1S/C5H10NOPS/c1-8(5-2-3-5)9-6-4-7/h4-5H,2-3H2,1H3,(H,6,7). The second-order valence-electron chi connectivity index (χ2n) is 2.10. The monoisotopic (exact) mass is 163 g/mol. The van der Waals surface area contributed by atoms with Crippen LogP contribution in [0.15, 0.2) is 0 Å². The third kappa shape index (κ3) is 2.55. The molecule has 1 aliphatic rings. The predicted octanol–water partition coefficient (Wildman–Crippen LogP) is 1.57. The molecular weight excluding hydrogens is 153 g/mol. The van der Waals surface area contributed by atoms with Crippen molar-refractivity contribution in [3.8, 4) is 0 Å². The lowest BCUT2D eigenvalue weighted by molar-refractivity contribution is -0.107. The van der Waals surface area contributed by atoms with Gasteiger partial charge < -0.3 is 0 Å². The van der Waals surface area contributed by atoms with Crippen molar-refractivity contribution in [3.63, 3.8) is 0 Å². The van der Waals surface area contributed by atoms with Crippen molar-refractivity contribution in [3.05, 3.63) is 0 Å². The van der Waals surface area contributed by atoms with E-state index in [1.54, 1.807) is 11.6 Å². The smallest absolute Gasteiger partial charge is 0.217 e. The molecule has 1 unspecified atom stereocenters. The van der Waals surface area contributed by atoms with Gasteiger partial charge in [0.15, 0.2) is 0 Å². The molecule has 1 fully saturated rings.